The van der Waals surface area contributed by atoms with Crippen molar-refractivity contribution in [1.82, 2.24) is 4.90 Å². The molecule has 0 unspecified atom stereocenters. The lowest BCUT2D eigenvalue weighted by Crippen LogP contribution is -2.51. The van der Waals surface area contributed by atoms with E-state index in [1.807, 2.05) is 0 Å². The van der Waals surface area contributed by atoms with Crippen LogP contribution in [0.3, 0.4) is 0 Å². The highest BCUT2D eigenvalue weighted by molar-refractivity contribution is 6.30. The zero-order valence-electron chi connectivity index (χ0n) is 13.7. The van der Waals surface area contributed by atoms with Crippen LogP contribution in [0.2, 0.25) is 5.02 Å². The van der Waals surface area contributed by atoms with Gasteiger partial charge in [-0.2, -0.15) is 13.2 Å². The summed E-state index contributed by atoms with van der Waals surface area (Å²) in [5.41, 5.74) is -0.100. The molecule has 2 N–H and O–H groups in total. The molecule has 5 nitrogen and oxygen atoms in total. The molecule has 1 fully saturated rings. The quantitative estimate of drug-likeness (QED) is 0.859. The molecule has 138 valence electrons. The SMILES string of the molecule is O=C(Nc1ccc(Cl)cc1)N1CCN(c2[nH+]cccc2C(F)(F)F)CC1. The molecule has 3 rings (SSSR count). The van der Waals surface area contributed by atoms with Crippen molar-refractivity contribution in [2.24, 2.45) is 0 Å². The number of aromatic nitrogens is 1. The first-order valence-corrected chi connectivity index (χ1v) is 8.37. The van der Waals surface area contributed by atoms with Gasteiger partial charge in [0.15, 0.2) is 0 Å². The van der Waals surface area contributed by atoms with Crippen LogP contribution < -0.4 is 15.2 Å². The van der Waals surface area contributed by atoms with Gasteiger partial charge in [0.05, 0.1) is 19.3 Å². The summed E-state index contributed by atoms with van der Waals surface area (Å²) in [4.78, 5) is 18.2. The van der Waals surface area contributed by atoms with Gasteiger partial charge in [-0.05, 0) is 36.4 Å². The van der Waals surface area contributed by atoms with Crippen LogP contribution in [0.5, 0.6) is 0 Å². The number of pyridine rings is 1. The van der Waals surface area contributed by atoms with Crippen LogP contribution >= 0.6 is 11.6 Å². The Kier molecular flexibility index (Phi) is 5.22. The number of benzene rings is 1. The third-order valence-electron chi connectivity index (χ3n) is 4.12. The summed E-state index contributed by atoms with van der Waals surface area (Å²) in [6.07, 6.45) is -2.97. The molecule has 1 aliphatic heterocycles. The molecular weight excluding hydrogens is 369 g/mol. The summed E-state index contributed by atoms with van der Waals surface area (Å²) in [5, 5.41) is 3.32. The summed E-state index contributed by atoms with van der Waals surface area (Å²) in [6.45, 7) is 1.24. The highest BCUT2D eigenvalue weighted by Gasteiger charge is 2.40. The van der Waals surface area contributed by atoms with Crippen LogP contribution in [0.25, 0.3) is 0 Å². The number of alkyl halides is 3. The Morgan fingerprint density at radius 1 is 1.08 bits per heavy atom. The van der Waals surface area contributed by atoms with Crippen molar-refractivity contribution in [2.45, 2.75) is 6.18 Å². The number of carbonyl (C=O) groups excluding carboxylic acids is 1. The van der Waals surface area contributed by atoms with Gasteiger partial charge in [0.25, 0.3) is 5.82 Å². The van der Waals surface area contributed by atoms with Crippen molar-refractivity contribution in [3.05, 3.63) is 53.2 Å². The number of hydrogen-bond acceptors (Lipinski definition) is 2. The molecule has 1 aromatic carbocycles. The molecule has 2 heterocycles. The number of amides is 2. The number of nitrogens with one attached hydrogen (secondary N) is 2. The summed E-state index contributed by atoms with van der Waals surface area (Å²) >= 11 is 5.80. The van der Waals surface area contributed by atoms with E-state index in [-0.39, 0.29) is 11.8 Å². The molecule has 26 heavy (non-hydrogen) atoms. The van der Waals surface area contributed by atoms with Crippen LogP contribution in [-0.2, 0) is 6.18 Å². The van der Waals surface area contributed by atoms with Gasteiger partial charge in [0.2, 0.25) is 0 Å². The number of aromatic amines is 1. The van der Waals surface area contributed by atoms with Crippen molar-refractivity contribution >= 4 is 29.1 Å². The minimum Gasteiger partial charge on any atom is -0.317 e. The lowest BCUT2D eigenvalue weighted by atomic mass is 10.2. The molecule has 0 atom stereocenters. The van der Waals surface area contributed by atoms with E-state index in [2.05, 4.69) is 10.3 Å². The van der Waals surface area contributed by atoms with Crippen LogP contribution in [0, 0.1) is 0 Å². The smallest absolute Gasteiger partial charge is 0.317 e. The van der Waals surface area contributed by atoms with E-state index in [4.69, 9.17) is 11.6 Å². The first-order valence-electron chi connectivity index (χ1n) is 7.99. The molecule has 1 aromatic heterocycles. The van der Waals surface area contributed by atoms with E-state index in [1.165, 1.54) is 12.3 Å². The number of nitrogens with zero attached hydrogens (tertiary/aromatic N) is 2. The number of hydrogen-bond donors (Lipinski definition) is 1. The third kappa shape index (κ3) is 4.19. The number of urea groups is 1. The average molecular weight is 386 g/mol. The molecule has 9 heteroatoms. The number of rotatable bonds is 2. The summed E-state index contributed by atoms with van der Waals surface area (Å²) in [6, 6.07) is 8.78. The average Bonchev–Trinajstić information content (AvgIpc) is 2.63. The topological polar surface area (TPSA) is 49.7 Å². The lowest BCUT2D eigenvalue weighted by Gasteiger charge is -2.31. The van der Waals surface area contributed by atoms with E-state index in [0.29, 0.717) is 36.9 Å². The summed E-state index contributed by atoms with van der Waals surface area (Å²) in [7, 11) is 0. The molecule has 1 saturated heterocycles. The predicted octanol–water partition coefficient (Wildman–Crippen LogP) is 3.53. The number of carbonyl (C=O) groups is 1. The van der Waals surface area contributed by atoms with E-state index in [9.17, 15) is 18.0 Å². The van der Waals surface area contributed by atoms with Crippen LogP contribution in [0.1, 0.15) is 5.56 Å². The van der Waals surface area contributed by atoms with Gasteiger partial charge < -0.3 is 10.2 Å². The zero-order chi connectivity index (χ0) is 18.7. The highest BCUT2D eigenvalue weighted by atomic mass is 35.5. The standard InChI is InChI=1S/C17H16ClF3N4O/c18-12-3-5-13(6-4-12)23-16(26)25-10-8-24(9-11-25)15-14(17(19,20)21)2-1-7-22-15/h1-7H,8-11H2,(H,23,26)/p+1. The van der Waals surface area contributed by atoms with E-state index in [1.54, 1.807) is 34.1 Å². The molecule has 2 aromatic rings. The van der Waals surface area contributed by atoms with Crippen molar-refractivity contribution in [3.8, 4) is 0 Å². The van der Waals surface area contributed by atoms with Gasteiger partial charge in [-0.1, -0.05) is 11.6 Å². The van der Waals surface area contributed by atoms with Crippen molar-refractivity contribution in [3.63, 3.8) is 0 Å². The van der Waals surface area contributed by atoms with Gasteiger partial charge >= 0.3 is 12.2 Å². The van der Waals surface area contributed by atoms with Crippen LogP contribution in [0.4, 0.5) is 29.5 Å². The second kappa shape index (κ2) is 7.41. The Labute approximate surface area is 153 Å². The molecular formula is C17H17ClF3N4O+. The van der Waals surface area contributed by atoms with E-state index < -0.39 is 11.7 Å². The monoisotopic (exact) mass is 385 g/mol. The third-order valence-corrected chi connectivity index (χ3v) is 4.37. The summed E-state index contributed by atoms with van der Waals surface area (Å²) < 4.78 is 39.4. The maximum atomic E-state index is 13.1. The Balaban J connectivity index is 1.63. The second-order valence-corrected chi connectivity index (χ2v) is 6.28. The van der Waals surface area contributed by atoms with Crippen LogP contribution in [0.15, 0.2) is 42.6 Å². The zero-order valence-corrected chi connectivity index (χ0v) is 14.4. The van der Waals surface area contributed by atoms with Gasteiger partial charge in [-0.3, -0.25) is 4.90 Å². The molecule has 2 amide bonds. The Hall–Kier alpha value is -2.48. The lowest BCUT2D eigenvalue weighted by molar-refractivity contribution is -0.367. The fraction of sp³-hybridized carbons (Fsp3) is 0.294. The largest absolute Gasteiger partial charge is 0.424 e. The predicted molar refractivity (Wildman–Crippen MR) is 92.3 cm³/mol. The fourth-order valence-corrected chi connectivity index (χ4v) is 2.91. The highest BCUT2D eigenvalue weighted by Crippen LogP contribution is 2.34. The van der Waals surface area contributed by atoms with Crippen LogP contribution in [-0.4, -0.2) is 37.1 Å². The van der Waals surface area contributed by atoms with Gasteiger partial charge in [0.1, 0.15) is 18.7 Å². The van der Waals surface area contributed by atoms with Crippen molar-refractivity contribution in [2.75, 3.05) is 36.4 Å². The van der Waals surface area contributed by atoms with Gasteiger partial charge in [-0.15, -0.1) is 0 Å². The molecule has 0 saturated carbocycles. The Bertz CT molecular complexity index is 774. The van der Waals surface area contributed by atoms with Crippen molar-refractivity contribution < 1.29 is 22.9 Å². The summed E-state index contributed by atoms with van der Waals surface area (Å²) in [5.74, 6) is 0.0257. The van der Waals surface area contributed by atoms with Gasteiger partial charge in [-0.25, -0.2) is 9.78 Å². The number of piperazine rings is 1. The molecule has 0 radical (unpaired) electrons. The molecule has 0 spiro atoms. The molecule has 1 aliphatic rings. The Morgan fingerprint density at radius 3 is 2.35 bits per heavy atom. The second-order valence-electron chi connectivity index (χ2n) is 5.84. The maximum absolute atomic E-state index is 13.1. The maximum Gasteiger partial charge on any atom is 0.424 e. The van der Waals surface area contributed by atoms with E-state index >= 15 is 0 Å². The van der Waals surface area contributed by atoms with Crippen molar-refractivity contribution in [1.29, 1.82) is 0 Å². The van der Waals surface area contributed by atoms with Gasteiger partial charge in [0, 0.05) is 10.7 Å². The Morgan fingerprint density at radius 2 is 1.73 bits per heavy atom. The number of anilines is 2. The minimum absolute atomic E-state index is 0.0257. The normalized spacial score (nSPS) is 15.1. The first kappa shape index (κ1) is 18.3. The number of H-pyrrole nitrogens is 1. The fourth-order valence-electron chi connectivity index (χ4n) is 2.79. The molecule has 0 aliphatic carbocycles. The van der Waals surface area contributed by atoms with E-state index in [0.717, 1.165) is 6.07 Å². The first-order chi connectivity index (χ1) is 12.3. The number of halogens is 4. The molecule has 0 bridgehead atoms. The minimum atomic E-state index is -4.43.